The molecule has 0 fully saturated rings. The molecule has 25 heavy (non-hydrogen) atoms. The van der Waals surface area contributed by atoms with Crippen LogP contribution in [0.4, 0.5) is 5.69 Å². The summed E-state index contributed by atoms with van der Waals surface area (Å²) in [6.45, 7) is 2.33. The van der Waals surface area contributed by atoms with Gasteiger partial charge in [0, 0.05) is 11.3 Å². The van der Waals surface area contributed by atoms with E-state index in [-0.39, 0.29) is 0 Å². The molecular weight excluding hydrogens is 316 g/mol. The van der Waals surface area contributed by atoms with Crippen LogP contribution in [0.15, 0.2) is 53.5 Å². The highest BCUT2D eigenvalue weighted by Crippen LogP contribution is 2.19. The Hall–Kier alpha value is -3.35. The summed E-state index contributed by atoms with van der Waals surface area (Å²) in [4.78, 5) is 8.71. The minimum atomic E-state index is 0.313. The number of anilines is 1. The van der Waals surface area contributed by atoms with E-state index < -0.39 is 0 Å². The molecule has 3 aromatic rings. The lowest BCUT2D eigenvalue weighted by Crippen LogP contribution is -2.22. The minimum Gasteiger partial charge on any atom is -0.497 e. The quantitative estimate of drug-likeness (QED) is 0.491. The van der Waals surface area contributed by atoms with Crippen molar-refractivity contribution in [1.29, 1.82) is 0 Å². The van der Waals surface area contributed by atoms with E-state index in [1.54, 1.807) is 7.11 Å². The summed E-state index contributed by atoms with van der Waals surface area (Å²) >= 11 is 0. The average molecular weight is 336 g/mol. The van der Waals surface area contributed by atoms with Gasteiger partial charge in [-0.15, -0.1) is 0 Å². The molecule has 0 saturated heterocycles. The first-order valence-electron chi connectivity index (χ1n) is 7.83. The third-order valence-electron chi connectivity index (χ3n) is 3.57. The highest BCUT2D eigenvalue weighted by Gasteiger charge is 2.06. The number of aryl methyl sites for hydroxylation is 1. The van der Waals surface area contributed by atoms with Crippen molar-refractivity contribution in [3.8, 4) is 17.1 Å². The summed E-state index contributed by atoms with van der Waals surface area (Å²) in [5.41, 5.74) is 8.87. The zero-order valence-corrected chi connectivity index (χ0v) is 14.2. The lowest BCUT2D eigenvalue weighted by Gasteiger charge is -2.05. The van der Waals surface area contributed by atoms with E-state index in [1.807, 2.05) is 55.5 Å². The first-order valence-corrected chi connectivity index (χ1v) is 7.83. The summed E-state index contributed by atoms with van der Waals surface area (Å²) < 4.78 is 5.14. The molecule has 0 aliphatic heterocycles. The van der Waals surface area contributed by atoms with E-state index in [9.17, 15) is 0 Å². The number of benzene rings is 2. The highest BCUT2D eigenvalue weighted by molar-refractivity contribution is 5.92. The van der Waals surface area contributed by atoms with E-state index in [2.05, 4.69) is 25.5 Å². The number of aromatic amines is 1. The van der Waals surface area contributed by atoms with Gasteiger partial charge in [0.05, 0.1) is 7.11 Å². The Morgan fingerprint density at radius 3 is 2.76 bits per heavy atom. The number of H-pyrrole nitrogens is 1. The van der Waals surface area contributed by atoms with Crippen LogP contribution < -0.4 is 15.8 Å². The molecule has 0 amide bonds. The maximum Gasteiger partial charge on any atom is 0.193 e. The normalized spacial score (nSPS) is 11.4. The zero-order valence-electron chi connectivity index (χ0n) is 14.2. The van der Waals surface area contributed by atoms with E-state index in [0.717, 1.165) is 22.6 Å². The van der Waals surface area contributed by atoms with Crippen LogP contribution in [-0.4, -0.2) is 28.3 Å². The van der Waals surface area contributed by atoms with Crippen LogP contribution in [0, 0.1) is 6.92 Å². The molecule has 4 N–H and O–H groups in total. The molecule has 7 heteroatoms. The predicted octanol–water partition coefficient (Wildman–Crippen LogP) is 2.72. The van der Waals surface area contributed by atoms with Crippen molar-refractivity contribution in [1.82, 2.24) is 15.2 Å². The van der Waals surface area contributed by atoms with Crippen LogP contribution in [0.5, 0.6) is 5.75 Å². The second kappa shape index (κ2) is 7.48. The number of rotatable bonds is 5. The molecule has 7 nitrogen and oxygen atoms in total. The molecule has 1 heterocycles. The Labute approximate surface area is 146 Å². The fourth-order valence-corrected chi connectivity index (χ4v) is 2.31. The van der Waals surface area contributed by atoms with Crippen molar-refractivity contribution in [2.45, 2.75) is 13.5 Å². The Kier molecular flexibility index (Phi) is 4.94. The molecule has 1 aromatic heterocycles. The van der Waals surface area contributed by atoms with Crippen molar-refractivity contribution in [2.75, 3.05) is 12.4 Å². The Morgan fingerprint density at radius 2 is 2.04 bits per heavy atom. The van der Waals surface area contributed by atoms with Crippen LogP contribution >= 0.6 is 0 Å². The van der Waals surface area contributed by atoms with Gasteiger partial charge in [0.25, 0.3) is 0 Å². The number of nitrogens with two attached hydrogens (primary N) is 1. The van der Waals surface area contributed by atoms with E-state index in [1.165, 1.54) is 0 Å². The SMILES string of the molecule is COc1ccc(-c2n[nH]c(CN=C(N)Nc3cccc(C)c3)n2)cc1. The van der Waals surface area contributed by atoms with Crippen LogP contribution in [0.2, 0.25) is 0 Å². The zero-order chi connectivity index (χ0) is 17.6. The Balaban J connectivity index is 1.64. The molecule has 0 saturated carbocycles. The monoisotopic (exact) mass is 336 g/mol. The maximum atomic E-state index is 5.92. The van der Waals surface area contributed by atoms with Gasteiger partial charge in [0.15, 0.2) is 11.8 Å². The number of nitrogens with one attached hydrogen (secondary N) is 2. The molecule has 2 aromatic carbocycles. The first kappa shape index (κ1) is 16.5. The van der Waals surface area contributed by atoms with Gasteiger partial charge in [0.1, 0.15) is 18.1 Å². The molecule has 0 aliphatic carbocycles. The van der Waals surface area contributed by atoms with Crippen molar-refractivity contribution in [3.63, 3.8) is 0 Å². The summed E-state index contributed by atoms with van der Waals surface area (Å²) in [6, 6.07) is 15.5. The largest absolute Gasteiger partial charge is 0.497 e. The van der Waals surface area contributed by atoms with Crippen LogP contribution in [0.1, 0.15) is 11.4 Å². The Morgan fingerprint density at radius 1 is 1.24 bits per heavy atom. The minimum absolute atomic E-state index is 0.313. The molecule has 3 rings (SSSR count). The number of hydrogen-bond acceptors (Lipinski definition) is 4. The molecule has 128 valence electrons. The van der Waals surface area contributed by atoms with Crippen molar-refractivity contribution in [2.24, 2.45) is 10.7 Å². The van der Waals surface area contributed by atoms with Crippen molar-refractivity contribution < 1.29 is 4.74 Å². The number of guanidine groups is 1. The van der Waals surface area contributed by atoms with Gasteiger partial charge in [-0.25, -0.2) is 9.98 Å². The second-order valence-electron chi connectivity index (χ2n) is 5.53. The van der Waals surface area contributed by atoms with Gasteiger partial charge < -0.3 is 15.8 Å². The van der Waals surface area contributed by atoms with Gasteiger partial charge in [-0.2, -0.15) is 5.10 Å². The summed E-state index contributed by atoms with van der Waals surface area (Å²) in [6.07, 6.45) is 0. The van der Waals surface area contributed by atoms with Gasteiger partial charge in [-0.3, -0.25) is 5.10 Å². The summed E-state index contributed by atoms with van der Waals surface area (Å²) in [5.74, 6) is 2.37. The molecule has 0 atom stereocenters. The molecule has 0 unspecified atom stereocenters. The van der Waals surface area contributed by atoms with Gasteiger partial charge in [-0.1, -0.05) is 12.1 Å². The standard InChI is InChI=1S/C18H20N6O/c1-12-4-3-5-14(10-12)21-18(19)20-11-16-22-17(24-23-16)13-6-8-15(25-2)9-7-13/h3-10H,11H2,1-2H3,(H3,19,20,21)(H,22,23,24). The number of nitrogens with zero attached hydrogens (tertiary/aromatic N) is 3. The van der Waals surface area contributed by atoms with Crippen LogP contribution in [-0.2, 0) is 6.54 Å². The van der Waals surface area contributed by atoms with Crippen LogP contribution in [0.3, 0.4) is 0 Å². The van der Waals surface area contributed by atoms with Crippen LogP contribution in [0.25, 0.3) is 11.4 Å². The Bertz CT molecular complexity index is 869. The van der Waals surface area contributed by atoms with Gasteiger partial charge in [-0.05, 0) is 48.9 Å². The van der Waals surface area contributed by atoms with Gasteiger partial charge >= 0.3 is 0 Å². The third-order valence-corrected chi connectivity index (χ3v) is 3.57. The second-order valence-corrected chi connectivity index (χ2v) is 5.53. The molecule has 0 bridgehead atoms. The molecule has 0 aliphatic rings. The number of aliphatic imine (C=N–C) groups is 1. The van der Waals surface area contributed by atoms with E-state index in [4.69, 9.17) is 10.5 Å². The smallest absolute Gasteiger partial charge is 0.193 e. The number of ether oxygens (including phenoxy) is 1. The number of methoxy groups -OCH3 is 1. The lowest BCUT2D eigenvalue weighted by molar-refractivity contribution is 0.415. The maximum absolute atomic E-state index is 5.92. The number of aromatic nitrogens is 3. The summed E-state index contributed by atoms with van der Waals surface area (Å²) in [5, 5.41) is 10.1. The topological polar surface area (TPSA) is 101 Å². The fraction of sp³-hybridized carbons (Fsp3) is 0.167. The molecule has 0 radical (unpaired) electrons. The highest BCUT2D eigenvalue weighted by atomic mass is 16.5. The van der Waals surface area contributed by atoms with Crippen molar-refractivity contribution >= 4 is 11.6 Å². The molecular formula is C18H20N6O. The lowest BCUT2D eigenvalue weighted by atomic mass is 10.2. The van der Waals surface area contributed by atoms with E-state index in [0.29, 0.717) is 24.2 Å². The summed E-state index contributed by atoms with van der Waals surface area (Å²) in [7, 11) is 1.63. The van der Waals surface area contributed by atoms with E-state index >= 15 is 0 Å². The average Bonchev–Trinajstić information content (AvgIpc) is 3.09. The van der Waals surface area contributed by atoms with Gasteiger partial charge in [0.2, 0.25) is 0 Å². The first-order chi connectivity index (χ1) is 12.1. The number of hydrogen-bond donors (Lipinski definition) is 3. The predicted molar refractivity (Wildman–Crippen MR) is 98.5 cm³/mol. The fourth-order valence-electron chi connectivity index (χ4n) is 2.31. The third kappa shape index (κ3) is 4.35. The van der Waals surface area contributed by atoms with Crippen molar-refractivity contribution in [3.05, 3.63) is 59.9 Å². The molecule has 0 spiro atoms.